The number of anilines is 1. The van der Waals surface area contributed by atoms with E-state index in [1.54, 1.807) is 12.3 Å². The number of rotatable bonds is 4. The molecule has 1 atom stereocenters. The third-order valence-corrected chi connectivity index (χ3v) is 3.70. The maximum Gasteiger partial charge on any atom is 0.271 e. The van der Waals surface area contributed by atoms with Crippen molar-refractivity contribution in [2.24, 2.45) is 5.16 Å². The summed E-state index contributed by atoms with van der Waals surface area (Å²) < 4.78 is 0. The van der Waals surface area contributed by atoms with Crippen molar-refractivity contribution in [1.82, 2.24) is 20.2 Å². The molecular weight excluding hydrogens is 320 g/mol. The summed E-state index contributed by atoms with van der Waals surface area (Å²) in [5.41, 5.74) is 2.32. The first kappa shape index (κ1) is 15.0. The summed E-state index contributed by atoms with van der Waals surface area (Å²) in [6.45, 7) is 0. The van der Waals surface area contributed by atoms with Crippen molar-refractivity contribution in [1.29, 1.82) is 0 Å². The monoisotopic (exact) mass is 334 g/mol. The van der Waals surface area contributed by atoms with E-state index in [9.17, 15) is 4.79 Å². The fraction of sp³-hybridized carbons (Fsp3) is 0.118. The van der Waals surface area contributed by atoms with Crippen molar-refractivity contribution in [3.63, 3.8) is 0 Å². The summed E-state index contributed by atoms with van der Waals surface area (Å²) in [5.74, 6) is 0.299. The molecule has 0 saturated carbocycles. The van der Waals surface area contributed by atoms with Gasteiger partial charge < -0.3 is 4.84 Å². The van der Waals surface area contributed by atoms with E-state index in [2.05, 4.69) is 30.6 Å². The number of benzene rings is 1. The number of nitrogens with one attached hydrogen (secondary N) is 2. The minimum Gasteiger partial charge on any atom is -0.382 e. The van der Waals surface area contributed by atoms with Crippen LogP contribution in [0.3, 0.4) is 0 Å². The number of pyridine rings is 1. The zero-order chi connectivity index (χ0) is 17.1. The molecule has 1 amide bonds. The second-order valence-electron chi connectivity index (χ2n) is 5.41. The molecule has 0 aliphatic carbocycles. The van der Waals surface area contributed by atoms with Gasteiger partial charge in [-0.15, -0.1) is 5.10 Å². The molecule has 3 aromatic rings. The molecule has 8 nitrogen and oxygen atoms in total. The molecule has 0 radical (unpaired) electrons. The smallest absolute Gasteiger partial charge is 0.271 e. The number of hydrogen-bond donors (Lipinski definition) is 2. The molecule has 1 aromatic carbocycles. The summed E-state index contributed by atoms with van der Waals surface area (Å²) in [4.78, 5) is 25.9. The fourth-order valence-electron chi connectivity index (χ4n) is 2.44. The van der Waals surface area contributed by atoms with Gasteiger partial charge in [-0.1, -0.05) is 41.6 Å². The third kappa shape index (κ3) is 3.23. The molecule has 0 spiro atoms. The van der Waals surface area contributed by atoms with Crippen LogP contribution in [-0.4, -0.2) is 37.9 Å². The molecule has 0 unspecified atom stereocenters. The number of H-pyrrole nitrogens is 1. The summed E-state index contributed by atoms with van der Waals surface area (Å²) in [7, 11) is 0. The Labute approximate surface area is 143 Å². The highest BCUT2D eigenvalue weighted by molar-refractivity contribution is 6.05. The van der Waals surface area contributed by atoms with Crippen molar-refractivity contribution in [2.75, 3.05) is 5.32 Å². The van der Waals surface area contributed by atoms with Gasteiger partial charge in [0.05, 0.1) is 5.71 Å². The van der Waals surface area contributed by atoms with Crippen LogP contribution in [-0.2, 0) is 9.63 Å². The predicted molar refractivity (Wildman–Crippen MR) is 90.7 cm³/mol. The number of carbonyl (C=O) groups excluding carboxylic acids is 1. The Kier molecular flexibility index (Phi) is 3.91. The molecule has 2 N–H and O–H groups in total. The largest absolute Gasteiger partial charge is 0.382 e. The molecule has 0 bridgehead atoms. The number of carbonyl (C=O) groups is 1. The molecule has 8 heteroatoms. The summed E-state index contributed by atoms with van der Waals surface area (Å²) in [6.07, 6.45) is 1.35. The zero-order valence-corrected chi connectivity index (χ0v) is 13.1. The molecule has 25 heavy (non-hydrogen) atoms. The van der Waals surface area contributed by atoms with E-state index in [-0.39, 0.29) is 11.9 Å². The first-order valence-corrected chi connectivity index (χ1v) is 7.72. The molecule has 2 aromatic heterocycles. The standard InChI is InChI=1S/C17H14N6O2/c24-16(14-10-13(23-25-14)11-6-2-1-3-7-11)20-17-19-15(21-22-17)12-8-4-5-9-18-12/h1-9,14H,10H2,(H2,19,20,21,22,24)/t14-/m0/s1. The molecule has 0 fully saturated rings. The van der Waals surface area contributed by atoms with Gasteiger partial charge in [0.2, 0.25) is 12.1 Å². The van der Waals surface area contributed by atoms with Crippen molar-refractivity contribution in [3.05, 3.63) is 60.3 Å². The highest BCUT2D eigenvalue weighted by atomic mass is 16.6. The Hall–Kier alpha value is -3.55. The van der Waals surface area contributed by atoms with Crippen LogP contribution in [0.15, 0.2) is 59.9 Å². The predicted octanol–water partition coefficient (Wildman–Crippen LogP) is 2.00. The van der Waals surface area contributed by atoms with Gasteiger partial charge in [0.1, 0.15) is 5.69 Å². The van der Waals surface area contributed by atoms with Gasteiger partial charge in [-0.3, -0.25) is 20.2 Å². The lowest BCUT2D eigenvalue weighted by atomic mass is 10.1. The summed E-state index contributed by atoms with van der Waals surface area (Å²) in [6, 6.07) is 15.1. The lowest BCUT2D eigenvalue weighted by molar-refractivity contribution is -0.125. The van der Waals surface area contributed by atoms with Crippen LogP contribution >= 0.6 is 0 Å². The van der Waals surface area contributed by atoms with Gasteiger partial charge in [-0.2, -0.15) is 4.98 Å². The van der Waals surface area contributed by atoms with Crippen LogP contribution in [0.4, 0.5) is 5.95 Å². The van der Waals surface area contributed by atoms with Crippen molar-refractivity contribution in [3.8, 4) is 11.5 Å². The molecule has 1 aliphatic rings. The molecule has 4 rings (SSSR count). The van der Waals surface area contributed by atoms with Crippen molar-refractivity contribution >= 4 is 17.6 Å². The van der Waals surface area contributed by atoms with Gasteiger partial charge in [-0.05, 0) is 17.7 Å². The molecule has 3 heterocycles. The normalized spacial score (nSPS) is 16.2. The quantitative estimate of drug-likeness (QED) is 0.759. The third-order valence-electron chi connectivity index (χ3n) is 3.70. The van der Waals surface area contributed by atoms with Crippen molar-refractivity contribution < 1.29 is 9.63 Å². The lowest BCUT2D eigenvalue weighted by Crippen LogP contribution is -2.28. The zero-order valence-electron chi connectivity index (χ0n) is 13.1. The van der Waals surface area contributed by atoms with Crippen LogP contribution in [0.2, 0.25) is 0 Å². The van der Waals surface area contributed by atoms with Gasteiger partial charge in [0, 0.05) is 12.6 Å². The van der Waals surface area contributed by atoms with Crippen LogP contribution in [0.1, 0.15) is 12.0 Å². The number of hydrogen-bond acceptors (Lipinski definition) is 6. The Morgan fingerprint density at radius 1 is 1.16 bits per heavy atom. The van der Waals surface area contributed by atoms with Gasteiger partial charge in [0.25, 0.3) is 5.91 Å². The first-order chi connectivity index (χ1) is 12.3. The van der Waals surface area contributed by atoms with E-state index in [1.807, 2.05) is 42.5 Å². The van der Waals surface area contributed by atoms with Gasteiger partial charge in [0.15, 0.2) is 5.82 Å². The van der Waals surface area contributed by atoms with Crippen molar-refractivity contribution in [2.45, 2.75) is 12.5 Å². The van der Waals surface area contributed by atoms with E-state index < -0.39 is 6.10 Å². The topological polar surface area (TPSA) is 105 Å². The van der Waals surface area contributed by atoms with Crippen LogP contribution < -0.4 is 5.32 Å². The van der Waals surface area contributed by atoms with E-state index in [1.165, 1.54) is 0 Å². The average molecular weight is 334 g/mol. The lowest BCUT2D eigenvalue weighted by Gasteiger charge is -2.06. The minimum absolute atomic E-state index is 0.169. The fourth-order valence-corrected chi connectivity index (χ4v) is 2.44. The highest BCUT2D eigenvalue weighted by Crippen LogP contribution is 2.18. The molecule has 1 aliphatic heterocycles. The number of aromatic nitrogens is 4. The second-order valence-corrected chi connectivity index (χ2v) is 5.41. The average Bonchev–Trinajstić information content (AvgIpc) is 3.33. The highest BCUT2D eigenvalue weighted by Gasteiger charge is 2.29. The van der Waals surface area contributed by atoms with E-state index in [4.69, 9.17) is 4.84 Å². The van der Waals surface area contributed by atoms with Gasteiger partial charge >= 0.3 is 0 Å². The van der Waals surface area contributed by atoms with Gasteiger partial charge in [-0.25, -0.2) is 0 Å². The van der Waals surface area contributed by atoms with E-state index in [0.717, 1.165) is 11.3 Å². The maximum absolute atomic E-state index is 12.3. The van der Waals surface area contributed by atoms with Crippen LogP contribution in [0, 0.1) is 0 Å². The minimum atomic E-state index is -0.702. The molecular formula is C17H14N6O2. The SMILES string of the molecule is O=C(Nc1n[nH]c(-c2ccccn2)n1)[C@@H]1CC(c2ccccc2)=NO1. The van der Waals surface area contributed by atoms with E-state index in [0.29, 0.717) is 17.9 Å². The number of amides is 1. The number of nitrogens with zero attached hydrogens (tertiary/aromatic N) is 4. The Balaban J connectivity index is 1.40. The Bertz CT molecular complexity index is 907. The van der Waals surface area contributed by atoms with Crippen LogP contribution in [0.25, 0.3) is 11.5 Å². The first-order valence-electron chi connectivity index (χ1n) is 7.72. The number of oxime groups is 1. The maximum atomic E-state index is 12.3. The Morgan fingerprint density at radius 3 is 2.80 bits per heavy atom. The van der Waals surface area contributed by atoms with Crippen LogP contribution in [0.5, 0.6) is 0 Å². The number of aromatic amines is 1. The summed E-state index contributed by atoms with van der Waals surface area (Å²) >= 11 is 0. The van der Waals surface area contributed by atoms with E-state index >= 15 is 0 Å². The Morgan fingerprint density at radius 2 is 2.00 bits per heavy atom. The molecule has 124 valence electrons. The summed E-state index contributed by atoms with van der Waals surface area (Å²) in [5, 5.41) is 13.4. The second kappa shape index (κ2) is 6.52. The molecule has 0 saturated heterocycles.